The summed E-state index contributed by atoms with van der Waals surface area (Å²) in [6, 6.07) is 11.4. The number of halogens is 1. The van der Waals surface area contributed by atoms with Crippen molar-refractivity contribution in [1.82, 2.24) is 4.57 Å². The van der Waals surface area contributed by atoms with Gasteiger partial charge in [-0.2, -0.15) is 0 Å². The number of Topliss-reactive ketones (excluding diaryl/α,β-unsaturated/α-hetero) is 1. The molecule has 5 rings (SSSR count). The van der Waals surface area contributed by atoms with Gasteiger partial charge in [0.2, 0.25) is 0 Å². The van der Waals surface area contributed by atoms with Crippen LogP contribution in [0.15, 0.2) is 60.5 Å². The molecular weight excluding hydrogens is 413 g/mol. The van der Waals surface area contributed by atoms with E-state index in [4.69, 9.17) is 14.2 Å². The molecule has 164 valence electrons. The summed E-state index contributed by atoms with van der Waals surface area (Å²) in [5.41, 5.74) is 1.41. The summed E-state index contributed by atoms with van der Waals surface area (Å²) in [7, 11) is 0. The fraction of sp³-hybridized carbons (Fsp3) is 0.280. The van der Waals surface area contributed by atoms with Crippen LogP contribution in [0.2, 0.25) is 0 Å². The molecule has 7 heteroatoms. The van der Waals surface area contributed by atoms with Gasteiger partial charge >= 0.3 is 6.09 Å². The smallest absolute Gasteiger partial charge is 0.419 e. The monoisotopic (exact) mass is 435 g/mol. The number of para-hydroxylation sites is 1. The molecule has 0 unspecified atom stereocenters. The third kappa shape index (κ3) is 3.43. The number of hydrogen-bond acceptors (Lipinski definition) is 5. The average molecular weight is 435 g/mol. The lowest BCUT2D eigenvalue weighted by atomic mass is 9.89. The van der Waals surface area contributed by atoms with Gasteiger partial charge in [-0.3, -0.25) is 9.36 Å². The predicted molar refractivity (Wildman–Crippen MR) is 115 cm³/mol. The van der Waals surface area contributed by atoms with Crippen molar-refractivity contribution in [2.75, 3.05) is 0 Å². The molecule has 1 aromatic heterocycles. The lowest BCUT2D eigenvalue weighted by Crippen LogP contribution is -2.34. The van der Waals surface area contributed by atoms with Crippen LogP contribution in [0.25, 0.3) is 10.9 Å². The highest BCUT2D eigenvalue weighted by Crippen LogP contribution is 2.41. The molecule has 3 heterocycles. The predicted octanol–water partition coefficient (Wildman–Crippen LogP) is 5.55. The summed E-state index contributed by atoms with van der Waals surface area (Å²) in [6.07, 6.45) is 2.05. The standard InChI is InChI=1S/C25H22FNO5/c1-25(2,3)32-24(29)27-12-17(15-6-4-5-7-19(15)27)21-11-22-18(13-30-21)23(28)16-10-14(26)8-9-20(16)31-22/h4-10,12-13,21-22H,11H2,1-3H3/t21-,22-/m1/s1. The minimum atomic E-state index is -0.634. The maximum absolute atomic E-state index is 13.6. The number of rotatable bonds is 1. The Balaban J connectivity index is 1.50. The number of carbonyl (C=O) groups is 2. The molecule has 3 aromatic rings. The molecule has 0 N–H and O–H groups in total. The van der Waals surface area contributed by atoms with E-state index >= 15 is 0 Å². The Hall–Kier alpha value is -3.61. The number of aromatic nitrogens is 1. The molecular formula is C25H22FNO5. The summed E-state index contributed by atoms with van der Waals surface area (Å²) < 4.78 is 32.6. The topological polar surface area (TPSA) is 66.8 Å². The van der Waals surface area contributed by atoms with Gasteiger partial charge in [0, 0.05) is 23.6 Å². The third-order valence-electron chi connectivity index (χ3n) is 5.53. The van der Waals surface area contributed by atoms with Crippen LogP contribution in [0, 0.1) is 5.82 Å². The van der Waals surface area contributed by atoms with E-state index in [1.807, 2.05) is 45.0 Å². The molecule has 2 aromatic carbocycles. The number of benzene rings is 2. The van der Waals surface area contributed by atoms with Crippen molar-refractivity contribution >= 4 is 22.8 Å². The zero-order valence-electron chi connectivity index (χ0n) is 17.9. The molecule has 0 radical (unpaired) electrons. The van der Waals surface area contributed by atoms with Crippen molar-refractivity contribution in [2.24, 2.45) is 0 Å². The Labute approximate surface area is 184 Å². The fourth-order valence-electron chi connectivity index (χ4n) is 4.14. The Morgan fingerprint density at radius 1 is 1.16 bits per heavy atom. The van der Waals surface area contributed by atoms with E-state index in [9.17, 15) is 14.0 Å². The van der Waals surface area contributed by atoms with Crippen LogP contribution < -0.4 is 4.74 Å². The van der Waals surface area contributed by atoms with Crippen molar-refractivity contribution < 1.29 is 28.2 Å². The normalized spacial score (nSPS) is 20.0. The average Bonchev–Trinajstić information content (AvgIpc) is 3.13. The Morgan fingerprint density at radius 2 is 1.94 bits per heavy atom. The largest absolute Gasteiger partial charge is 0.493 e. The van der Waals surface area contributed by atoms with Crippen molar-refractivity contribution in [3.8, 4) is 5.75 Å². The van der Waals surface area contributed by atoms with Crippen LogP contribution in [0.3, 0.4) is 0 Å². The van der Waals surface area contributed by atoms with Crippen LogP contribution in [-0.2, 0) is 9.47 Å². The van der Waals surface area contributed by atoms with E-state index in [-0.39, 0.29) is 11.3 Å². The number of nitrogens with zero attached hydrogens (tertiary/aromatic N) is 1. The first kappa shape index (κ1) is 20.3. The SMILES string of the molecule is CC(C)(C)OC(=O)n1cc([C@H]2C[C@H]3Oc4ccc(F)cc4C(=O)C3=CO2)c2ccccc21. The lowest BCUT2D eigenvalue weighted by Gasteiger charge is -2.33. The van der Waals surface area contributed by atoms with Crippen LogP contribution in [0.1, 0.15) is 49.2 Å². The zero-order valence-corrected chi connectivity index (χ0v) is 17.9. The van der Waals surface area contributed by atoms with Crippen LogP contribution in [-0.4, -0.2) is 28.1 Å². The number of hydrogen-bond donors (Lipinski definition) is 0. The second-order valence-corrected chi connectivity index (χ2v) is 8.96. The molecule has 0 saturated carbocycles. The molecule has 2 aliphatic heterocycles. The quantitative estimate of drug-likeness (QED) is 0.501. The van der Waals surface area contributed by atoms with E-state index in [0.29, 0.717) is 23.3 Å². The first-order chi connectivity index (χ1) is 15.2. The van der Waals surface area contributed by atoms with Gasteiger partial charge in [-0.15, -0.1) is 0 Å². The van der Waals surface area contributed by atoms with Gasteiger partial charge in [-0.05, 0) is 45.0 Å². The first-order valence-corrected chi connectivity index (χ1v) is 10.4. The molecule has 0 spiro atoms. The third-order valence-corrected chi connectivity index (χ3v) is 5.53. The van der Waals surface area contributed by atoms with Gasteiger partial charge in [0.1, 0.15) is 29.4 Å². The second kappa shape index (κ2) is 7.22. The van der Waals surface area contributed by atoms with Gasteiger partial charge in [-0.25, -0.2) is 9.18 Å². The van der Waals surface area contributed by atoms with E-state index < -0.39 is 29.7 Å². The Bertz CT molecular complexity index is 1280. The van der Waals surface area contributed by atoms with Gasteiger partial charge in [0.25, 0.3) is 0 Å². The van der Waals surface area contributed by atoms with Crippen molar-refractivity contribution in [2.45, 2.75) is 45.0 Å². The highest BCUT2D eigenvalue weighted by atomic mass is 19.1. The van der Waals surface area contributed by atoms with E-state index in [0.717, 1.165) is 10.9 Å². The minimum absolute atomic E-state index is 0.191. The zero-order chi connectivity index (χ0) is 22.6. The van der Waals surface area contributed by atoms with Crippen LogP contribution in [0.4, 0.5) is 9.18 Å². The molecule has 0 aliphatic carbocycles. The number of ketones is 1. The van der Waals surface area contributed by atoms with Crippen LogP contribution in [0.5, 0.6) is 5.75 Å². The molecule has 0 saturated heterocycles. The molecule has 6 nitrogen and oxygen atoms in total. The van der Waals surface area contributed by atoms with Gasteiger partial charge in [0.05, 0.1) is 22.9 Å². The fourth-order valence-corrected chi connectivity index (χ4v) is 4.14. The van der Waals surface area contributed by atoms with Crippen molar-refractivity contribution in [3.05, 3.63) is 77.4 Å². The summed E-state index contributed by atoms with van der Waals surface area (Å²) in [5, 5.41) is 0.852. The van der Waals surface area contributed by atoms with Crippen LogP contribution >= 0.6 is 0 Å². The Morgan fingerprint density at radius 3 is 2.72 bits per heavy atom. The summed E-state index contributed by atoms with van der Waals surface area (Å²) in [6.45, 7) is 5.44. The van der Waals surface area contributed by atoms with Crippen molar-refractivity contribution in [1.29, 1.82) is 0 Å². The van der Waals surface area contributed by atoms with E-state index in [1.165, 1.54) is 29.0 Å². The molecule has 0 bridgehead atoms. The lowest BCUT2D eigenvalue weighted by molar-refractivity contribution is 0.0531. The first-order valence-electron chi connectivity index (χ1n) is 10.4. The maximum Gasteiger partial charge on any atom is 0.419 e. The highest BCUT2D eigenvalue weighted by molar-refractivity contribution is 6.12. The summed E-state index contributed by atoms with van der Waals surface area (Å²) in [5.74, 6) is -0.440. The Kier molecular flexibility index (Phi) is 4.58. The molecule has 0 fully saturated rings. The number of ether oxygens (including phenoxy) is 3. The second-order valence-electron chi connectivity index (χ2n) is 8.96. The number of fused-ring (bicyclic) bond motifs is 3. The van der Waals surface area contributed by atoms with Gasteiger partial charge in [-0.1, -0.05) is 18.2 Å². The summed E-state index contributed by atoms with van der Waals surface area (Å²) in [4.78, 5) is 25.6. The van der Waals surface area contributed by atoms with Gasteiger partial charge in [0.15, 0.2) is 5.78 Å². The van der Waals surface area contributed by atoms with Gasteiger partial charge < -0.3 is 14.2 Å². The highest BCUT2D eigenvalue weighted by Gasteiger charge is 2.38. The minimum Gasteiger partial charge on any atom is -0.493 e. The summed E-state index contributed by atoms with van der Waals surface area (Å²) >= 11 is 0. The maximum atomic E-state index is 13.6. The van der Waals surface area contributed by atoms with E-state index in [2.05, 4.69) is 0 Å². The molecule has 0 amide bonds. The number of carbonyl (C=O) groups excluding carboxylic acids is 2. The molecule has 32 heavy (non-hydrogen) atoms. The van der Waals surface area contributed by atoms with Crippen molar-refractivity contribution in [3.63, 3.8) is 0 Å². The molecule has 2 atom stereocenters. The molecule has 2 aliphatic rings. The van der Waals surface area contributed by atoms with E-state index in [1.54, 1.807) is 6.20 Å².